The molecule has 1 aliphatic heterocycles. The second-order valence-electron chi connectivity index (χ2n) is 5.82. The molecule has 0 aromatic heterocycles. The molecule has 0 amide bonds. The smallest absolute Gasteiger partial charge is 0.127 e. The summed E-state index contributed by atoms with van der Waals surface area (Å²) in [4.78, 5) is 0. The molecule has 0 spiro atoms. The van der Waals surface area contributed by atoms with Gasteiger partial charge in [0.15, 0.2) is 0 Å². The van der Waals surface area contributed by atoms with Crippen LogP contribution < -0.4 is 10.1 Å². The molecule has 0 saturated carbocycles. The minimum absolute atomic E-state index is 0.442. The number of nitrogens with one attached hydrogen (secondary N) is 1. The lowest BCUT2D eigenvalue weighted by Gasteiger charge is -2.16. The van der Waals surface area contributed by atoms with Gasteiger partial charge in [-0.15, -0.1) is 0 Å². The van der Waals surface area contributed by atoms with Gasteiger partial charge < -0.3 is 10.1 Å². The standard InChI is InChI=1S/C18H18ClNO/c19-15-9-13-7-8-21-18(13)14(10-15)11-20-17-6-5-12-3-1-2-4-16(12)17/h1-4,9-10,17,20H,5-8,11H2. The summed E-state index contributed by atoms with van der Waals surface area (Å²) in [6.07, 6.45) is 3.30. The SMILES string of the molecule is Clc1cc2c(c(CNC3CCc4ccccc43)c1)OCC2. The summed E-state index contributed by atoms with van der Waals surface area (Å²) in [6, 6.07) is 13.2. The van der Waals surface area contributed by atoms with E-state index in [1.54, 1.807) is 0 Å². The molecule has 2 aliphatic rings. The molecule has 1 aliphatic carbocycles. The summed E-state index contributed by atoms with van der Waals surface area (Å²) < 4.78 is 5.77. The molecule has 1 unspecified atom stereocenters. The third-order valence-corrected chi connectivity index (χ3v) is 4.72. The minimum atomic E-state index is 0.442. The Morgan fingerprint density at radius 1 is 1.14 bits per heavy atom. The Balaban J connectivity index is 1.54. The maximum atomic E-state index is 6.22. The quantitative estimate of drug-likeness (QED) is 0.923. The van der Waals surface area contributed by atoms with Crippen LogP contribution >= 0.6 is 11.6 Å². The molecule has 1 N–H and O–H groups in total. The maximum Gasteiger partial charge on any atom is 0.127 e. The van der Waals surface area contributed by atoms with Crippen molar-refractivity contribution >= 4 is 11.6 Å². The van der Waals surface area contributed by atoms with E-state index in [1.165, 1.54) is 28.7 Å². The fraction of sp³-hybridized carbons (Fsp3) is 0.333. The lowest BCUT2D eigenvalue weighted by atomic mass is 10.1. The molecule has 0 saturated heterocycles. The van der Waals surface area contributed by atoms with E-state index in [2.05, 4.69) is 29.6 Å². The number of aryl methyl sites for hydroxylation is 1. The summed E-state index contributed by atoms with van der Waals surface area (Å²) in [7, 11) is 0. The molecule has 21 heavy (non-hydrogen) atoms. The van der Waals surface area contributed by atoms with Crippen LogP contribution in [0, 0.1) is 0 Å². The van der Waals surface area contributed by atoms with Crippen molar-refractivity contribution in [2.45, 2.75) is 31.8 Å². The van der Waals surface area contributed by atoms with Crippen molar-refractivity contribution in [3.05, 3.63) is 63.7 Å². The average Bonchev–Trinajstić information content (AvgIpc) is 3.11. The van der Waals surface area contributed by atoms with Gasteiger partial charge in [-0.1, -0.05) is 35.9 Å². The van der Waals surface area contributed by atoms with Gasteiger partial charge in [-0.05, 0) is 41.7 Å². The van der Waals surface area contributed by atoms with Crippen molar-refractivity contribution in [1.82, 2.24) is 5.32 Å². The van der Waals surface area contributed by atoms with Crippen LogP contribution in [0.1, 0.15) is 34.7 Å². The topological polar surface area (TPSA) is 21.3 Å². The fourth-order valence-corrected chi connectivity index (χ4v) is 3.74. The van der Waals surface area contributed by atoms with E-state index < -0.39 is 0 Å². The van der Waals surface area contributed by atoms with Crippen LogP contribution in [0.2, 0.25) is 5.02 Å². The Hall–Kier alpha value is -1.51. The van der Waals surface area contributed by atoms with Crippen molar-refractivity contribution in [3.8, 4) is 5.75 Å². The van der Waals surface area contributed by atoms with Crippen molar-refractivity contribution in [1.29, 1.82) is 0 Å². The van der Waals surface area contributed by atoms with Crippen LogP contribution in [0.15, 0.2) is 36.4 Å². The summed E-state index contributed by atoms with van der Waals surface area (Å²) in [6.45, 7) is 1.58. The van der Waals surface area contributed by atoms with Gasteiger partial charge in [0.25, 0.3) is 0 Å². The molecule has 0 fully saturated rings. The first-order valence-corrected chi connectivity index (χ1v) is 7.94. The van der Waals surface area contributed by atoms with Crippen LogP contribution in [0.4, 0.5) is 0 Å². The van der Waals surface area contributed by atoms with Gasteiger partial charge in [-0.2, -0.15) is 0 Å². The normalized spacial score (nSPS) is 19.2. The Morgan fingerprint density at radius 3 is 3.00 bits per heavy atom. The Kier molecular flexibility index (Phi) is 3.36. The van der Waals surface area contributed by atoms with Crippen LogP contribution in [-0.2, 0) is 19.4 Å². The highest BCUT2D eigenvalue weighted by atomic mass is 35.5. The molecule has 2 nitrogen and oxygen atoms in total. The van der Waals surface area contributed by atoms with Gasteiger partial charge in [0.2, 0.25) is 0 Å². The predicted octanol–water partition coefficient (Wildman–Crippen LogP) is 4.05. The largest absolute Gasteiger partial charge is 0.493 e. The van der Waals surface area contributed by atoms with Crippen LogP contribution in [0.3, 0.4) is 0 Å². The van der Waals surface area contributed by atoms with Gasteiger partial charge in [0, 0.05) is 29.6 Å². The van der Waals surface area contributed by atoms with Crippen molar-refractivity contribution in [2.24, 2.45) is 0 Å². The molecule has 108 valence electrons. The van der Waals surface area contributed by atoms with Crippen LogP contribution in [0.5, 0.6) is 5.75 Å². The third-order valence-electron chi connectivity index (χ3n) is 4.50. The first-order chi connectivity index (χ1) is 10.3. The summed E-state index contributed by atoms with van der Waals surface area (Å²) in [5, 5.41) is 4.48. The van der Waals surface area contributed by atoms with Gasteiger partial charge in [-0.3, -0.25) is 0 Å². The van der Waals surface area contributed by atoms with Crippen LogP contribution in [-0.4, -0.2) is 6.61 Å². The Bertz CT molecular complexity index is 683. The number of fused-ring (bicyclic) bond motifs is 2. The average molecular weight is 300 g/mol. The fourth-order valence-electron chi connectivity index (χ4n) is 3.48. The summed E-state index contributed by atoms with van der Waals surface area (Å²) >= 11 is 6.22. The lowest BCUT2D eigenvalue weighted by Crippen LogP contribution is -2.19. The summed E-state index contributed by atoms with van der Waals surface area (Å²) in [5.41, 5.74) is 5.34. The molecule has 0 bridgehead atoms. The maximum absolute atomic E-state index is 6.22. The molecular formula is C18H18ClNO. The number of ether oxygens (including phenoxy) is 1. The third kappa shape index (κ3) is 2.43. The van der Waals surface area contributed by atoms with Crippen molar-refractivity contribution in [2.75, 3.05) is 6.61 Å². The van der Waals surface area contributed by atoms with Gasteiger partial charge >= 0.3 is 0 Å². The molecule has 3 heteroatoms. The highest BCUT2D eigenvalue weighted by Crippen LogP contribution is 2.35. The number of rotatable bonds is 3. The van der Waals surface area contributed by atoms with Gasteiger partial charge in [-0.25, -0.2) is 0 Å². The first-order valence-electron chi connectivity index (χ1n) is 7.56. The molecule has 4 rings (SSSR count). The molecule has 2 aromatic rings. The zero-order valence-corrected chi connectivity index (χ0v) is 12.6. The van der Waals surface area contributed by atoms with E-state index >= 15 is 0 Å². The second-order valence-corrected chi connectivity index (χ2v) is 6.26. The minimum Gasteiger partial charge on any atom is -0.493 e. The molecule has 0 radical (unpaired) electrons. The van der Waals surface area contributed by atoms with Gasteiger partial charge in [0.1, 0.15) is 5.75 Å². The van der Waals surface area contributed by atoms with Crippen molar-refractivity contribution in [3.63, 3.8) is 0 Å². The number of halogens is 1. The molecule has 1 heterocycles. The van der Waals surface area contributed by atoms with Crippen molar-refractivity contribution < 1.29 is 4.74 Å². The first kappa shape index (κ1) is 13.2. The van der Waals surface area contributed by atoms with Gasteiger partial charge in [0.05, 0.1) is 6.61 Å². The molecule has 2 aromatic carbocycles. The zero-order chi connectivity index (χ0) is 14.2. The zero-order valence-electron chi connectivity index (χ0n) is 11.9. The summed E-state index contributed by atoms with van der Waals surface area (Å²) in [5.74, 6) is 1.04. The number of hydrogen-bond donors (Lipinski definition) is 1. The number of benzene rings is 2. The number of hydrogen-bond acceptors (Lipinski definition) is 2. The van der Waals surface area contributed by atoms with E-state index in [0.29, 0.717) is 6.04 Å². The highest BCUT2D eigenvalue weighted by molar-refractivity contribution is 6.30. The predicted molar refractivity (Wildman–Crippen MR) is 85.0 cm³/mol. The molecule has 1 atom stereocenters. The van der Waals surface area contributed by atoms with Crippen LogP contribution in [0.25, 0.3) is 0 Å². The highest BCUT2D eigenvalue weighted by Gasteiger charge is 2.23. The Labute approximate surface area is 130 Å². The molecular weight excluding hydrogens is 282 g/mol. The lowest BCUT2D eigenvalue weighted by molar-refractivity contribution is 0.351. The van der Waals surface area contributed by atoms with E-state index in [9.17, 15) is 0 Å². The van der Waals surface area contributed by atoms with E-state index in [1.807, 2.05) is 12.1 Å². The van der Waals surface area contributed by atoms with E-state index in [-0.39, 0.29) is 0 Å². The van der Waals surface area contributed by atoms with E-state index in [0.717, 1.165) is 36.8 Å². The van der Waals surface area contributed by atoms with E-state index in [4.69, 9.17) is 16.3 Å². The monoisotopic (exact) mass is 299 g/mol. The Morgan fingerprint density at radius 2 is 2.05 bits per heavy atom. The second kappa shape index (κ2) is 5.36.